The Bertz CT molecular complexity index is 1360. The Morgan fingerprint density at radius 3 is 2.70 bits per heavy atom. The third-order valence-electron chi connectivity index (χ3n) is 6.42. The fourth-order valence-corrected chi connectivity index (χ4v) is 4.39. The number of rotatable bonds is 10. The molecule has 0 bridgehead atoms. The fourth-order valence-electron chi connectivity index (χ4n) is 4.39. The molecule has 2 aromatic carbocycles. The van der Waals surface area contributed by atoms with Crippen molar-refractivity contribution in [1.29, 1.82) is 0 Å². The lowest BCUT2D eigenvalue weighted by Gasteiger charge is -2.28. The van der Waals surface area contributed by atoms with Crippen molar-refractivity contribution in [2.45, 2.75) is 26.2 Å². The molecule has 1 saturated heterocycles. The Labute approximate surface area is 215 Å². The highest BCUT2D eigenvalue weighted by Gasteiger charge is 2.16. The monoisotopic (exact) mass is 501 g/mol. The van der Waals surface area contributed by atoms with Crippen LogP contribution in [0.2, 0.25) is 0 Å². The van der Waals surface area contributed by atoms with E-state index in [2.05, 4.69) is 30.9 Å². The van der Waals surface area contributed by atoms with Gasteiger partial charge in [0.05, 0.1) is 45.3 Å². The van der Waals surface area contributed by atoms with Crippen LogP contribution in [0.5, 0.6) is 6.01 Å². The SMILES string of the molecule is OCc1ccc(CCOc2nc(CN=Cc3c[nH]c4ccccc34)cc(N3CCOCC3)n2)cc1CO. The van der Waals surface area contributed by atoms with Crippen molar-refractivity contribution in [3.8, 4) is 6.01 Å². The van der Waals surface area contributed by atoms with Crippen LogP contribution in [-0.2, 0) is 30.9 Å². The van der Waals surface area contributed by atoms with Gasteiger partial charge in [0.15, 0.2) is 0 Å². The number of aromatic amines is 1. The molecule has 0 aliphatic carbocycles. The van der Waals surface area contributed by atoms with E-state index >= 15 is 0 Å². The molecule has 0 unspecified atom stereocenters. The highest BCUT2D eigenvalue weighted by molar-refractivity contribution is 5.98. The minimum absolute atomic E-state index is 0.0968. The number of benzene rings is 2. The number of aliphatic hydroxyl groups excluding tert-OH is 2. The van der Waals surface area contributed by atoms with E-state index in [4.69, 9.17) is 9.47 Å². The number of aromatic nitrogens is 3. The van der Waals surface area contributed by atoms with Crippen LogP contribution < -0.4 is 9.64 Å². The maximum Gasteiger partial charge on any atom is 0.318 e. The molecule has 0 atom stereocenters. The normalized spacial score (nSPS) is 14.1. The number of para-hydroxylation sites is 1. The van der Waals surface area contributed by atoms with Gasteiger partial charge in [-0.15, -0.1) is 0 Å². The van der Waals surface area contributed by atoms with E-state index in [0.29, 0.717) is 38.8 Å². The Morgan fingerprint density at radius 1 is 1.03 bits per heavy atom. The number of morpholine rings is 1. The molecule has 0 spiro atoms. The van der Waals surface area contributed by atoms with Gasteiger partial charge in [0.2, 0.25) is 0 Å². The van der Waals surface area contributed by atoms with Gasteiger partial charge in [0.1, 0.15) is 5.82 Å². The number of ether oxygens (including phenoxy) is 2. The minimum atomic E-state index is -0.113. The van der Waals surface area contributed by atoms with Gasteiger partial charge in [0.25, 0.3) is 0 Å². The van der Waals surface area contributed by atoms with Gasteiger partial charge >= 0.3 is 6.01 Å². The molecular formula is C28H31N5O4. The van der Waals surface area contributed by atoms with Crippen LogP contribution in [-0.4, -0.2) is 64.3 Å². The number of aliphatic hydroxyl groups is 2. The summed E-state index contributed by atoms with van der Waals surface area (Å²) < 4.78 is 11.5. The molecule has 4 aromatic rings. The first-order valence-corrected chi connectivity index (χ1v) is 12.5. The summed E-state index contributed by atoms with van der Waals surface area (Å²) in [4.78, 5) is 19.4. The molecule has 9 heteroatoms. The summed E-state index contributed by atoms with van der Waals surface area (Å²) in [5.74, 6) is 0.806. The molecule has 0 amide bonds. The highest BCUT2D eigenvalue weighted by Crippen LogP contribution is 2.20. The number of H-pyrrole nitrogens is 1. The van der Waals surface area contributed by atoms with Gasteiger partial charge in [-0.25, -0.2) is 0 Å². The number of hydrogen-bond donors (Lipinski definition) is 3. The summed E-state index contributed by atoms with van der Waals surface area (Å²) in [6, 6.07) is 16.1. The third kappa shape index (κ3) is 6.14. The molecule has 0 radical (unpaired) electrons. The molecule has 1 aliphatic rings. The van der Waals surface area contributed by atoms with Gasteiger partial charge in [-0.1, -0.05) is 36.4 Å². The molecular weight excluding hydrogens is 470 g/mol. The molecule has 5 rings (SSSR count). The van der Waals surface area contributed by atoms with Gasteiger partial charge in [0, 0.05) is 54.5 Å². The van der Waals surface area contributed by atoms with Gasteiger partial charge in [-0.3, -0.25) is 4.99 Å². The number of aliphatic imine (C=N–C) groups is 1. The summed E-state index contributed by atoms with van der Waals surface area (Å²) in [5.41, 5.74) is 5.34. The van der Waals surface area contributed by atoms with E-state index in [-0.39, 0.29) is 13.2 Å². The van der Waals surface area contributed by atoms with Crippen molar-refractivity contribution < 1.29 is 19.7 Å². The van der Waals surface area contributed by atoms with Crippen LogP contribution in [0.1, 0.15) is 27.9 Å². The van der Waals surface area contributed by atoms with Gasteiger partial charge in [-0.2, -0.15) is 9.97 Å². The van der Waals surface area contributed by atoms with Gasteiger partial charge in [-0.05, 0) is 22.8 Å². The second kappa shape index (κ2) is 12.0. The topological polar surface area (TPSA) is 116 Å². The zero-order valence-electron chi connectivity index (χ0n) is 20.6. The summed E-state index contributed by atoms with van der Waals surface area (Å²) >= 11 is 0. The average Bonchev–Trinajstić information content (AvgIpc) is 3.36. The summed E-state index contributed by atoms with van der Waals surface area (Å²) in [6.45, 7) is 3.41. The molecule has 1 fully saturated rings. The Balaban J connectivity index is 1.30. The van der Waals surface area contributed by atoms with Crippen molar-refractivity contribution in [2.75, 3.05) is 37.8 Å². The van der Waals surface area contributed by atoms with E-state index in [9.17, 15) is 10.2 Å². The molecule has 2 aromatic heterocycles. The first kappa shape index (κ1) is 24.9. The largest absolute Gasteiger partial charge is 0.463 e. The van der Waals surface area contributed by atoms with Crippen molar-refractivity contribution >= 4 is 22.9 Å². The first-order chi connectivity index (χ1) is 18.2. The number of nitrogens with zero attached hydrogens (tertiary/aromatic N) is 4. The zero-order chi connectivity index (χ0) is 25.5. The van der Waals surface area contributed by atoms with Crippen molar-refractivity contribution in [3.05, 3.63) is 82.7 Å². The number of nitrogens with one attached hydrogen (secondary N) is 1. The molecule has 0 saturated carbocycles. The van der Waals surface area contributed by atoms with E-state index in [1.807, 2.05) is 54.9 Å². The van der Waals surface area contributed by atoms with Crippen LogP contribution in [0.4, 0.5) is 5.82 Å². The predicted octanol–water partition coefficient (Wildman–Crippen LogP) is 3.02. The Morgan fingerprint density at radius 2 is 1.86 bits per heavy atom. The van der Waals surface area contributed by atoms with Crippen LogP contribution >= 0.6 is 0 Å². The second-order valence-corrected chi connectivity index (χ2v) is 8.88. The maximum atomic E-state index is 9.56. The van der Waals surface area contributed by atoms with Crippen LogP contribution in [0.3, 0.4) is 0 Å². The van der Waals surface area contributed by atoms with Crippen LogP contribution in [0.15, 0.2) is 59.7 Å². The molecule has 3 N–H and O–H groups in total. The quantitative estimate of drug-likeness (QED) is 0.286. The lowest BCUT2D eigenvalue weighted by atomic mass is 10.0. The standard InChI is InChI=1S/C28H31N5O4/c34-18-21-6-5-20(13-22(21)19-35)7-10-37-28-31-24(14-27(32-28)33-8-11-36-12-9-33)17-29-15-23-16-30-26-4-2-1-3-25(23)26/h1-6,13-16,30,34-35H,7-12,17-19H2. The number of hydrogen-bond acceptors (Lipinski definition) is 8. The maximum absolute atomic E-state index is 9.56. The smallest absolute Gasteiger partial charge is 0.318 e. The van der Waals surface area contributed by atoms with E-state index in [1.54, 1.807) is 0 Å². The molecule has 9 nitrogen and oxygen atoms in total. The summed E-state index contributed by atoms with van der Waals surface area (Å²) in [5, 5.41) is 20.1. The minimum Gasteiger partial charge on any atom is -0.463 e. The predicted molar refractivity (Wildman–Crippen MR) is 142 cm³/mol. The van der Waals surface area contributed by atoms with Gasteiger partial charge < -0.3 is 29.6 Å². The highest BCUT2D eigenvalue weighted by atomic mass is 16.5. The lowest BCUT2D eigenvalue weighted by Crippen LogP contribution is -2.37. The van der Waals surface area contributed by atoms with Crippen molar-refractivity contribution in [1.82, 2.24) is 15.0 Å². The number of fused-ring (bicyclic) bond motifs is 1. The van der Waals surface area contributed by atoms with Crippen LogP contribution in [0.25, 0.3) is 10.9 Å². The van der Waals surface area contributed by atoms with E-state index in [1.165, 1.54) is 0 Å². The van der Waals surface area contributed by atoms with E-state index < -0.39 is 0 Å². The summed E-state index contributed by atoms with van der Waals surface area (Å²) in [6.07, 6.45) is 4.44. The summed E-state index contributed by atoms with van der Waals surface area (Å²) in [7, 11) is 0. The Hall–Kier alpha value is -3.79. The van der Waals surface area contributed by atoms with Crippen molar-refractivity contribution in [3.63, 3.8) is 0 Å². The van der Waals surface area contributed by atoms with E-state index in [0.717, 1.165) is 57.8 Å². The third-order valence-corrected chi connectivity index (χ3v) is 6.42. The molecule has 192 valence electrons. The first-order valence-electron chi connectivity index (χ1n) is 12.5. The van der Waals surface area contributed by atoms with Crippen molar-refractivity contribution in [2.24, 2.45) is 4.99 Å². The fraction of sp³-hybridized carbons (Fsp3) is 0.321. The molecule has 3 heterocycles. The zero-order valence-corrected chi connectivity index (χ0v) is 20.6. The average molecular weight is 502 g/mol. The second-order valence-electron chi connectivity index (χ2n) is 8.88. The molecule has 1 aliphatic heterocycles. The van der Waals surface area contributed by atoms with Crippen LogP contribution in [0, 0.1) is 0 Å². The Kier molecular flexibility index (Phi) is 8.05. The lowest BCUT2D eigenvalue weighted by molar-refractivity contribution is 0.122. The molecule has 37 heavy (non-hydrogen) atoms. The number of anilines is 1.